The summed E-state index contributed by atoms with van der Waals surface area (Å²) in [6, 6.07) is 3.36. The van der Waals surface area contributed by atoms with Crippen LogP contribution in [0.5, 0.6) is 5.75 Å². The molecule has 210 valence electrons. The number of alkyl halides is 2. The number of sulfonamides is 1. The summed E-state index contributed by atoms with van der Waals surface area (Å²) in [7, 11) is -2.68. The second kappa shape index (κ2) is 9.55. The van der Waals surface area contributed by atoms with Crippen LogP contribution in [0.2, 0.25) is 0 Å². The van der Waals surface area contributed by atoms with Crippen molar-refractivity contribution in [1.29, 1.82) is 0 Å². The van der Waals surface area contributed by atoms with Crippen LogP contribution in [0.3, 0.4) is 0 Å². The average molecular weight is 570 g/mol. The lowest BCUT2D eigenvalue weighted by Gasteiger charge is -2.42. The number of rotatable bonds is 2. The number of fused-ring (bicyclic) bond motifs is 2. The Balaban J connectivity index is 1.36. The largest absolute Gasteiger partial charge is 0.489 e. The number of nitrogens with one attached hydrogen (secondary N) is 2. The lowest BCUT2D eigenvalue weighted by atomic mass is 9.93. The number of likely N-dealkylation sites (tertiary alicyclic amines) is 2. The van der Waals surface area contributed by atoms with Gasteiger partial charge in [0.1, 0.15) is 10.7 Å². The quantitative estimate of drug-likeness (QED) is 0.521. The number of ether oxygens (including phenoxy) is 1. The standard InChI is InChI=1S/C24H26F3N5O6S/c1-13-7-15(3-4-16(13)25)28-21(33)19-20-18(9-30(19)2)39(36,37)29-17-5-6-31(8-14(17)10-38-20)22(34)23(35)32-11-24(26,27)12-32/h3-4,7,9,14,17,29H,5-6,8,10-12H2,1-2H3,(H,28,33)/t14-,17+/m0/s1. The first kappa shape index (κ1) is 27.0. The van der Waals surface area contributed by atoms with Crippen LogP contribution >= 0.6 is 0 Å². The van der Waals surface area contributed by atoms with Gasteiger partial charge in [-0.25, -0.2) is 26.3 Å². The predicted molar refractivity (Wildman–Crippen MR) is 130 cm³/mol. The summed E-state index contributed by atoms with van der Waals surface area (Å²) in [6.45, 7) is -0.213. The van der Waals surface area contributed by atoms with E-state index < -0.39 is 64.5 Å². The highest BCUT2D eigenvalue weighted by molar-refractivity contribution is 7.89. The molecule has 0 unspecified atom stereocenters. The summed E-state index contributed by atoms with van der Waals surface area (Å²) in [6.07, 6.45) is 1.42. The van der Waals surface area contributed by atoms with Gasteiger partial charge in [-0.1, -0.05) is 0 Å². The van der Waals surface area contributed by atoms with E-state index in [9.17, 15) is 36.0 Å². The molecule has 5 rings (SSSR count). The van der Waals surface area contributed by atoms with E-state index in [1.165, 1.54) is 47.8 Å². The minimum Gasteiger partial charge on any atom is -0.489 e. The number of aryl methyl sites for hydroxylation is 2. The average Bonchev–Trinajstić information content (AvgIpc) is 3.19. The van der Waals surface area contributed by atoms with E-state index >= 15 is 0 Å². The summed E-state index contributed by atoms with van der Waals surface area (Å²) in [5, 5.41) is 2.61. The van der Waals surface area contributed by atoms with Crippen molar-refractivity contribution in [1.82, 2.24) is 19.1 Å². The maximum absolute atomic E-state index is 13.6. The Kier molecular flexibility index (Phi) is 6.61. The number of aromatic nitrogens is 1. The number of carbonyl (C=O) groups excluding carboxylic acids is 3. The van der Waals surface area contributed by atoms with Gasteiger partial charge in [0.15, 0.2) is 11.4 Å². The van der Waals surface area contributed by atoms with E-state index in [0.717, 1.165) is 4.90 Å². The zero-order chi connectivity index (χ0) is 28.3. The number of benzene rings is 1. The van der Waals surface area contributed by atoms with Gasteiger partial charge in [-0.2, -0.15) is 0 Å². The minimum absolute atomic E-state index is 0.0465. The normalized spacial score (nSPS) is 23.3. The van der Waals surface area contributed by atoms with E-state index in [4.69, 9.17) is 4.74 Å². The highest BCUT2D eigenvalue weighted by Gasteiger charge is 2.49. The summed E-state index contributed by atoms with van der Waals surface area (Å²) in [5.74, 6) is -6.90. The summed E-state index contributed by atoms with van der Waals surface area (Å²) in [4.78, 5) is 39.9. The first-order valence-electron chi connectivity index (χ1n) is 12.1. The summed E-state index contributed by atoms with van der Waals surface area (Å²) < 4.78 is 76.3. The van der Waals surface area contributed by atoms with Crippen molar-refractivity contribution in [3.63, 3.8) is 0 Å². The lowest BCUT2D eigenvalue weighted by Crippen LogP contribution is -2.63. The minimum atomic E-state index is -4.16. The van der Waals surface area contributed by atoms with Gasteiger partial charge in [-0.05, 0) is 37.1 Å². The van der Waals surface area contributed by atoms with Crippen LogP contribution in [0, 0.1) is 18.7 Å². The molecule has 1 aromatic heterocycles. The Morgan fingerprint density at radius 3 is 2.51 bits per heavy atom. The number of carbonyl (C=O) groups is 3. The number of amides is 3. The molecule has 0 aliphatic carbocycles. The molecule has 2 N–H and O–H groups in total. The van der Waals surface area contributed by atoms with Gasteiger partial charge in [-0.3, -0.25) is 14.4 Å². The predicted octanol–water partition coefficient (Wildman–Crippen LogP) is 1.09. The number of anilines is 1. The third-order valence-corrected chi connectivity index (χ3v) is 8.59. The van der Waals surface area contributed by atoms with Crippen LogP contribution in [0.1, 0.15) is 22.5 Å². The fraction of sp³-hybridized carbons (Fsp3) is 0.458. The fourth-order valence-electron chi connectivity index (χ4n) is 5.00. The molecule has 0 radical (unpaired) electrons. The first-order chi connectivity index (χ1) is 18.3. The molecule has 0 bridgehead atoms. The number of nitrogens with zero attached hydrogens (tertiary/aromatic N) is 3. The lowest BCUT2D eigenvalue weighted by molar-refractivity contribution is -0.174. The molecule has 2 fully saturated rings. The van der Waals surface area contributed by atoms with Crippen LogP contribution in [0.4, 0.5) is 18.9 Å². The van der Waals surface area contributed by atoms with E-state index in [1.807, 2.05) is 0 Å². The number of hydrogen-bond acceptors (Lipinski definition) is 6. The number of piperidine rings is 1. The Bertz CT molecular complexity index is 1470. The summed E-state index contributed by atoms with van der Waals surface area (Å²) in [5.41, 5.74) is 0.516. The molecule has 1 aromatic carbocycles. The molecule has 3 amide bonds. The van der Waals surface area contributed by atoms with Gasteiger partial charge in [-0.15, -0.1) is 0 Å². The highest BCUT2D eigenvalue weighted by atomic mass is 32.2. The van der Waals surface area contributed by atoms with Gasteiger partial charge >= 0.3 is 11.8 Å². The van der Waals surface area contributed by atoms with Crippen LogP contribution in [-0.2, 0) is 26.7 Å². The molecule has 0 spiro atoms. The van der Waals surface area contributed by atoms with Gasteiger partial charge < -0.3 is 24.4 Å². The maximum Gasteiger partial charge on any atom is 0.312 e. The van der Waals surface area contributed by atoms with E-state index in [1.54, 1.807) is 0 Å². The molecule has 3 aliphatic rings. The van der Waals surface area contributed by atoms with Crippen molar-refractivity contribution in [2.45, 2.75) is 30.2 Å². The molecule has 0 saturated carbocycles. The van der Waals surface area contributed by atoms with Gasteiger partial charge in [0, 0.05) is 44.0 Å². The molecule has 15 heteroatoms. The van der Waals surface area contributed by atoms with Gasteiger partial charge in [0.2, 0.25) is 10.0 Å². The Labute approximate surface area is 221 Å². The summed E-state index contributed by atoms with van der Waals surface area (Å²) >= 11 is 0. The third-order valence-electron chi connectivity index (χ3n) is 7.11. The zero-order valence-corrected chi connectivity index (χ0v) is 21.9. The third kappa shape index (κ3) is 5.07. The van der Waals surface area contributed by atoms with Gasteiger partial charge in [0.05, 0.1) is 19.7 Å². The second-order valence-corrected chi connectivity index (χ2v) is 11.7. The fourth-order valence-corrected chi connectivity index (χ4v) is 6.54. The van der Waals surface area contributed by atoms with Crippen LogP contribution < -0.4 is 14.8 Å². The topological polar surface area (TPSA) is 130 Å². The molecular weight excluding hydrogens is 543 g/mol. The Hall–Kier alpha value is -3.59. The molecule has 2 aromatic rings. The number of halogens is 3. The number of hydrogen-bond donors (Lipinski definition) is 2. The van der Waals surface area contributed by atoms with E-state index in [2.05, 4.69) is 10.0 Å². The maximum atomic E-state index is 13.6. The highest BCUT2D eigenvalue weighted by Crippen LogP contribution is 2.35. The molecule has 2 atom stereocenters. The van der Waals surface area contributed by atoms with Crippen LogP contribution in [0.25, 0.3) is 0 Å². The molecular formula is C24H26F3N5O6S. The zero-order valence-electron chi connectivity index (χ0n) is 21.0. The second-order valence-electron chi connectivity index (χ2n) is 10.1. The van der Waals surface area contributed by atoms with Crippen molar-refractivity contribution in [3.05, 3.63) is 41.5 Å². The smallest absolute Gasteiger partial charge is 0.312 e. The Morgan fingerprint density at radius 1 is 1.15 bits per heavy atom. The van der Waals surface area contributed by atoms with Crippen molar-refractivity contribution in [2.24, 2.45) is 13.0 Å². The SMILES string of the molecule is Cc1cc(NC(=O)c2c3c(cn2C)S(=O)(=O)N[C@@H]2CCN(C(=O)C(=O)N4CC(F)(F)C4)C[C@H]2CO3)ccc1F. The van der Waals surface area contributed by atoms with Crippen molar-refractivity contribution in [3.8, 4) is 5.75 Å². The van der Waals surface area contributed by atoms with E-state index in [0.29, 0.717) is 11.3 Å². The van der Waals surface area contributed by atoms with Gasteiger partial charge in [0.25, 0.3) is 11.8 Å². The van der Waals surface area contributed by atoms with E-state index in [-0.39, 0.29) is 42.5 Å². The Morgan fingerprint density at radius 2 is 1.85 bits per heavy atom. The van der Waals surface area contributed by atoms with Crippen LogP contribution in [-0.4, -0.2) is 85.3 Å². The van der Waals surface area contributed by atoms with Crippen molar-refractivity contribution >= 4 is 33.4 Å². The molecule has 3 aliphatic heterocycles. The first-order valence-corrected chi connectivity index (χ1v) is 13.6. The molecule has 11 nitrogen and oxygen atoms in total. The van der Waals surface area contributed by atoms with Crippen LogP contribution in [0.15, 0.2) is 29.3 Å². The monoisotopic (exact) mass is 569 g/mol. The van der Waals surface area contributed by atoms with Crippen molar-refractivity contribution in [2.75, 3.05) is 38.1 Å². The molecule has 39 heavy (non-hydrogen) atoms. The molecule has 2 saturated heterocycles. The molecule has 4 heterocycles. The van der Waals surface area contributed by atoms with Crippen molar-refractivity contribution < 1.29 is 40.7 Å².